The Labute approximate surface area is 130 Å². The third-order valence-corrected chi connectivity index (χ3v) is 4.08. The molecule has 5 heteroatoms. The molecule has 0 fully saturated rings. The van der Waals surface area contributed by atoms with E-state index in [1.165, 1.54) is 0 Å². The first-order valence-electron chi connectivity index (χ1n) is 6.89. The standard InChI is InChI=1S/C16H22ClNO3/c1-10(16(2,3)4)9-13(19)18-14(15(20)21)11-7-5-6-8-12(11)17/h5-8,10,14H,9H2,1-4H3,(H,18,19)(H,20,21)/t10?,14-/m1/s1. The molecule has 4 nitrogen and oxygen atoms in total. The first kappa shape index (κ1) is 17.5. The molecule has 1 unspecified atom stereocenters. The third-order valence-electron chi connectivity index (χ3n) is 3.74. The Kier molecular flexibility index (Phi) is 5.78. The van der Waals surface area contributed by atoms with Crippen LogP contribution in [0, 0.1) is 11.3 Å². The maximum atomic E-state index is 12.1. The van der Waals surface area contributed by atoms with Crippen LogP contribution in [0.2, 0.25) is 5.02 Å². The Balaban J connectivity index is 2.84. The third kappa shape index (κ3) is 5.05. The van der Waals surface area contributed by atoms with Crippen molar-refractivity contribution in [2.75, 3.05) is 0 Å². The number of nitrogens with one attached hydrogen (secondary N) is 1. The molecule has 0 aliphatic heterocycles. The first-order valence-corrected chi connectivity index (χ1v) is 7.27. The molecule has 0 saturated carbocycles. The van der Waals surface area contributed by atoms with Gasteiger partial charge < -0.3 is 10.4 Å². The lowest BCUT2D eigenvalue weighted by Gasteiger charge is -2.27. The Morgan fingerprint density at radius 3 is 2.33 bits per heavy atom. The second kappa shape index (κ2) is 6.94. The van der Waals surface area contributed by atoms with Gasteiger partial charge in [0, 0.05) is 17.0 Å². The van der Waals surface area contributed by atoms with E-state index >= 15 is 0 Å². The summed E-state index contributed by atoms with van der Waals surface area (Å²) < 4.78 is 0. The summed E-state index contributed by atoms with van der Waals surface area (Å²) in [7, 11) is 0. The van der Waals surface area contributed by atoms with Crippen molar-refractivity contribution < 1.29 is 14.7 Å². The molecular formula is C16H22ClNO3. The second-order valence-corrected chi connectivity index (χ2v) is 6.74. The topological polar surface area (TPSA) is 66.4 Å². The van der Waals surface area contributed by atoms with Gasteiger partial charge in [-0.15, -0.1) is 0 Å². The molecule has 116 valence electrons. The van der Waals surface area contributed by atoms with Crippen LogP contribution >= 0.6 is 11.6 Å². The van der Waals surface area contributed by atoms with Gasteiger partial charge in [0.1, 0.15) is 0 Å². The van der Waals surface area contributed by atoms with Gasteiger partial charge in [-0.05, 0) is 17.4 Å². The summed E-state index contributed by atoms with van der Waals surface area (Å²) in [5.41, 5.74) is 0.379. The molecule has 0 saturated heterocycles. The van der Waals surface area contributed by atoms with Crippen molar-refractivity contribution in [1.29, 1.82) is 0 Å². The minimum absolute atomic E-state index is 0.0134. The van der Waals surface area contributed by atoms with Crippen LogP contribution in [-0.2, 0) is 9.59 Å². The molecule has 21 heavy (non-hydrogen) atoms. The van der Waals surface area contributed by atoms with Crippen molar-refractivity contribution in [2.45, 2.75) is 40.2 Å². The predicted octanol–water partition coefficient (Wildman–Crippen LogP) is 3.65. The second-order valence-electron chi connectivity index (χ2n) is 6.33. The van der Waals surface area contributed by atoms with Gasteiger partial charge in [-0.2, -0.15) is 0 Å². The largest absolute Gasteiger partial charge is 0.479 e. The van der Waals surface area contributed by atoms with Gasteiger partial charge in [0.25, 0.3) is 0 Å². The van der Waals surface area contributed by atoms with Crippen molar-refractivity contribution >= 4 is 23.5 Å². The Bertz CT molecular complexity index is 522. The molecule has 1 amide bonds. The number of halogens is 1. The molecule has 0 heterocycles. The number of carboxylic acids is 1. The van der Waals surface area contributed by atoms with Crippen molar-refractivity contribution in [2.24, 2.45) is 11.3 Å². The normalized spacial score (nSPS) is 14.3. The highest BCUT2D eigenvalue weighted by atomic mass is 35.5. The summed E-state index contributed by atoms with van der Waals surface area (Å²) in [6.07, 6.45) is 0.276. The average Bonchev–Trinajstić information content (AvgIpc) is 2.35. The molecule has 0 aliphatic carbocycles. The van der Waals surface area contributed by atoms with Crippen LogP contribution in [0.1, 0.15) is 45.7 Å². The van der Waals surface area contributed by atoms with Gasteiger partial charge in [-0.25, -0.2) is 4.79 Å². The van der Waals surface area contributed by atoms with E-state index in [0.29, 0.717) is 10.6 Å². The van der Waals surface area contributed by atoms with Crippen LogP contribution in [0.3, 0.4) is 0 Å². The first-order chi connectivity index (χ1) is 9.62. The highest BCUT2D eigenvalue weighted by molar-refractivity contribution is 6.31. The molecule has 1 aromatic rings. The summed E-state index contributed by atoms with van der Waals surface area (Å²) in [5.74, 6) is -1.28. The highest BCUT2D eigenvalue weighted by Crippen LogP contribution is 2.28. The lowest BCUT2D eigenvalue weighted by molar-refractivity contribution is -0.142. The molecular weight excluding hydrogens is 290 g/mol. The fourth-order valence-electron chi connectivity index (χ4n) is 1.79. The van der Waals surface area contributed by atoms with Crippen LogP contribution < -0.4 is 5.32 Å². The minimum atomic E-state index is -1.13. The molecule has 2 atom stereocenters. The number of carbonyl (C=O) groups is 2. The van der Waals surface area contributed by atoms with Gasteiger partial charge >= 0.3 is 5.97 Å². The van der Waals surface area contributed by atoms with Crippen molar-refractivity contribution in [3.63, 3.8) is 0 Å². The fourth-order valence-corrected chi connectivity index (χ4v) is 2.03. The molecule has 2 N–H and O–H groups in total. The number of hydrogen-bond acceptors (Lipinski definition) is 2. The molecule has 0 bridgehead atoms. The van der Waals surface area contributed by atoms with E-state index in [1.54, 1.807) is 24.3 Å². The zero-order valence-corrected chi connectivity index (χ0v) is 13.6. The van der Waals surface area contributed by atoms with Crippen molar-refractivity contribution in [1.82, 2.24) is 5.32 Å². The fraction of sp³-hybridized carbons (Fsp3) is 0.500. The van der Waals surface area contributed by atoms with Crippen LogP contribution in [0.4, 0.5) is 0 Å². The molecule has 0 spiro atoms. The van der Waals surface area contributed by atoms with E-state index in [0.717, 1.165) is 0 Å². The van der Waals surface area contributed by atoms with E-state index in [4.69, 9.17) is 11.6 Å². The summed E-state index contributed by atoms with van der Waals surface area (Å²) in [4.78, 5) is 23.5. The van der Waals surface area contributed by atoms with Gasteiger partial charge in [0.05, 0.1) is 0 Å². The zero-order chi connectivity index (χ0) is 16.2. The number of carboxylic acid groups (broad SMARTS) is 1. The summed E-state index contributed by atoms with van der Waals surface area (Å²) in [5, 5.41) is 12.2. The molecule has 1 rings (SSSR count). The van der Waals surface area contributed by atoms with Gasteiger partial charge in [-0.3, -0.25) is 4.79 Å². The Morgan fingerprint density at radius 1 is 1.29 bits per heavy atom. The molecule has 1 aromatic carbocycles. The number of aliphatic carboxylic acids is 1. The Hall–Kier alpha value is -1.55. The quantitative estimate of drug-likeness (QED) is 0.872. The number of hydrogen-bond donors (Lipinski definition) is 2. The van der Waals surface area contributed by atoms with E-state index in [9.17, 15) is 14.7 Å². The van der Waals surface area contributed by atoms with Crippen molar-refractivity contribution in [3.8, 4) is 0 Å². The van der Waals surface area contributed by atoms with Gasteiger partial charge in [0.2, 0.25) is 5.91 Å². The molecule has 0 aliphatic rings. The van der Waals surface area contributed by atoms with E-state index < -0.39 is 12.0 Å². The SMILES string of the molecule is CC(CC(=O)N[C@@H](C(=O)O)c1ccccc1Cl)C(C)(C)C. The predicted molar refractivity (Wildman–Crippen MR) is 83.2 cm³/mol. The maximum absolute atomic E-state index is 12.1. The van der Waals surface area contributed by atoms with E-state index in [-0.39, 0.29) is 23.7 Å². The monoisotopic (exact) mass is 311 g/mol. The number of benzene rings is 1. The van der Waals surface area contributed by atoms with Gasteiger partial charge in [-0.1, -0.05) is 57.5 Å². The maximum Gasteiger partial charge on any atom is 0.330 e. The van der Waals surface area contributed by atoms with Gasteiger partial charge in [0.15, 0.2) is 6.04 Å². The van der Waals surface area contributed by atoms with Crippen LogP contribution in [0.5, 0.6) is 0 Å². The lowest BCUT2D eigenvalue weighted by Crippen LogP contribution is -2.36. The molecule has 0 aromatic heterocycles. The smallest absolute Gasteiger partial charge is 0.330 e. The van der Waals surface area contributed by atoms with Crippen molar-refractivity contribution in [3.05, 3.63) is 34.9 Å². The van der Waals surface area contributed by atoms with E-state index in [2.05, 4.69) is 5.32 Å². The number of carbonyl (C=O) groups excluding carboxylic acids is 1. The number of rotatable bonds is 5. The minimum Gasteiger partial charge on any atom is -0.479 e. The van der Waals surface area contributed by atoms with E-state index in [1.807, 2.05) is 27.7 Å². The number of amides is 1. The molecule has 0 radical (unpaired) electrons. The van der Waals surface area contributed by atoms with Crippen LogP contribution in [0.15, 0.2) is 24.3 Å². The van der Waals surface area contributed by atoms with Crippen LogP contribution in [0.25, 0.3) is 0 Å². The summed E-state index contributed by atoms with van der Waals surface area (Å²) in [6.45, 7) is 8.12. The average molecular weight is 312 g/mol. The zero-order valence-electron chi connectivity index (χ0n) is 12.8. The summed E-state index contributed by atoms with van der Waals surface area (Å²) in [6, 6.07) is 5.50. The van der Waals surface area contributed by atoms with Crippen LogP contribution in [-0.4, -0.2) is 17.0 Å². The highest BCUT2D eigenvalue weighted by Gasteiger charge is 2.27. The lowest BCUT2D eigenvalue weighted by atomic mass is 9.80. The summed E-state index contributed by atoms with van der Waals surface area (Å²) >= 11 is 6.01. The Morgan fingerprint density at radius 2 is 1.86 bits per heavy atom.